The maximum Gasteiger partial charge on any atom is 0.173 e. The van der Waals surface area contributed by atoms with Crippen LogP contribution in [0.5, 0.6) is 11.5 Å². The van der Waals surface area contributed by atoms with Gasteiger partial charge in [0.15, 0.2) is 5.11 Å². The summed E-state index contributed by atoms with van der Waals surface area (Å²) in [7, 11) is 0. The lowest BCUT2D eigenvalue weighted by Crippen LogP contribution is -3.15. The first-order valence-electron chi connectivity index (χ1n) is 8.58. The molecule has 132 valence electrons. The van der Waals surface area contributed by atoms with Crippen LogP contribution >= 0.6 is 12.2 Å². The summed E-state index contributed by atoms with van der Waals surface area (Å²) in [4.78, 5) is 3.62. The lowest BCUT2D eigenvalue weighted by atomic mass is 10.3. The number of piperazine rings is 1. The predicted octanol–water partition coefficient (Wildman–Crippen LogP) is 1.37. The first-order valence-corrected chi connectivity index (χ1v) is 8.99. The van der Waals surface area contributed by atoms with E-state index in [2.05, 4.69) is 10.2 Å². The first kappa shape index (κ1) is 17.7. The molecule has 0 spiro atoms. The van der Waals surface area contributed by atoms with Crippen LogP contribution in [-0.2, 0) is 0 Å². The molecule has 1 saturated heterocycles. The molecule has 25 heavy (non-hydrogen) atoms. The minimum atomic E-state index is 0.245. The molecule has 1 aliphatic rings. The number of nitrogens with zero attached hydrogens (tertiary/aromatic N) is 1. The van der Waals surface area contributed by atoms with Crippen molar-refractivity contribution < 1.29 is 14.7 Å². The van der Waals surface area contributed by atoms with E-state index in [0.717, 1.165) is 55.0 Å². The Morgan fingerprint density at radius 3 is 2.32 bits per heavy atom. The fourth-order valence-electron chi connectivity index (χ4n) is 2.87. The SMILES string of the molecule is OCC[NH+]1CCN(C(=S)Nc2ccc(Oc3ccccc3)cc2)CC1. The monoisotopic (exact) mass is 358 g/mol. The molecular weight excluding hydrogens is 334 g/mol. The van der Waals surface area contributed by atoms with Gasteiger partial charge in [-0.25, -0.2) is 0 Å². The van der Waals surface area contributed by atoms with Gasteiger partial charge >= 0.3 is 0 Å². The zero-order valence-corrected chi connectivity index (χ0v) is 15.0. The zero-order valence-electron chi connectivity index (χ0n) is 14.1. The number of hydrogen-bond acceptors (Lipinski definition) is 3. The highest BCUT2D eigenvalue weighted by Gasteiger charge is 2.21. The molecule has 3 rings (SSSR count). The summed E-state index contributed by atoms with van der Waals surface area (Å²) < 4.78 is 5.80. The van der Waals surface area contributed by atoms with Gasteiger partial charge in [0.25, 0.3) is 0 Å². The summed E-state index contributed by atoms with van der Waals surface area (Å²) in [6.45, 7) is 4.90. The number of thiocarbonyl (C=S) groups is 1. The molecule has 6 heteroatoms. The summed E-state index contributed by atoms with van der Waals surface area (Å²) in [6.07, 6.45) is 0. The van der Waals surface area contributed by atoms with Crippen molar-refractivity contribution in [1.82, 2.24) is 4.90 Å². The number of hydrogen-bond donors (Lipinski definition) is 3. The molecule has 0 amide bonds. The Morgan fingerprint density at radius 2 is 1.68 bits per heavy atom. The third-order valence-corrected chi connectivity index (χ3v) is 4.67. The summed E-state index contributed by atoms with van der Waals surface area (Å²) >= 11 is 5.52. The van der Waals surface area contributed by atoms with Crippen molar-refractivity contribution in [3.05, 3.63) is 54.6 Å². The Kier molecular flexibility index (Phi) is 6.22. The quantitative estimate of drug-likeness (QED) is 0.705. The van der Waals surface area contributed by atoms with Gasteiger partial charge < -0.3 is 25.0 Å². The summed E-state index contributed by atoms with van der Waals surface area (Å²) in [5.41, 5.74) is 0.954. The van der Waals surface area contributed by atoms with Crippen molar-refractivity contribution in [2.24, 2.45) is 0 Å². The standard InChI is InChI=1S/C19H23N3O2S/c23-15-14-21-10-12-22(13-11-21)19(25)20-16-6-8-18(9-7-16)24-17-4-2-1-3-5-17/h1-9,23H,10-15H2,(H,20,25)/p+1. The lowest BCUT2D eigenvalue weighted by molar-refractivity contribution is -0.904. The molecule has 3 N–H and O–H groups in total. The highest BCUT2D eigenvalue weighted by Crippen LogP contribution is 2.22. The van der Waals surface area contributed by atoms with Gasteiger partial charge in [0.1, 0.15) is 18.0 Å². The fourth-order valence-corrected chi connectivity index (χ4v) is 3.17. The Morgan fingerprint density at radius 1 is 1.04 bits per heavy atom. The Balaban J connectivity index is 1.50. The van der Waals surface area contributed by atoms with E-state index in [1.54, 1.807) is 0 Å². The van der Waals surface area contributed by atoms with Crippen LogP contribution < -0.4 is 15.0 Å². The van der Waals surface area contributed by atoms with Crippen molar-refractivity contribution in [3.63, 3.8) is 0 Å². The largest absolute Gasteiger partial charge is 0.457 e. The van der Waals surface area contributed by atoms with Gasteiger partial charge in [-0.3, -0.25) is 0 Å². The zero-order chi connectivity index (χ0) is 17.5. The van der Waals surface area contributed by atoms with Crippen molar-refractivity contribution in [3.8, 4) is 11.5 Å². The van der Waals surface area contributed by atoms with Crippen LogP contribution in [0.25, 0.3) is 0 Å². The summed E-state index contributed by atoms with van der Waals surface area (Å²) in [5, 5.41) is 13.1. The average Bonchev–Trinajstić information content (AvgIpc) is 2.65. The van der Waals surface area contributed by atoms with Crippen LogP contribution in [0.1, 0.15) is 0 Å². The van der Waals surface area contributed by atoms with Crippen molar-refractivity contribution >= 4 is 23.0 Å². The molecule has 1 heterocycles. The van der Waals surface area contributed by atoms with Crippen molar-refractivity contribution in [2.45, 2.75) is 0 Å². The molecule has 2 aromatic carbocycles. The second-order valence-electron chi connectivity index (χ2n) is 6.08. The number of benzene rings is 2. The maximum atomic E-state index is 9.02. The van der Waals surface area contributed by atoms with Crippen LogP contribution in [0.2, 0.25) is 0 Å². The molecule has 0 radical (unpaired) electrons. The van der Waals surface area contributed by atoms with E-state index in [-0.39, 0.29) is 6.61 Å². The molecule has 0 unspecified atom stereocenters. The topological polar surface area (TPSA) is 49.2 Å². The molecule has 1 fully saturated rings. The van der Waals surface area contributed by atoms with Gasteiger partial charge in [-0.1, -0.05) is 18.2 Å². The Labute approximate surface area is 153 Å². The Hall–Kier alpha value is -2.15. The normalized spacial score (nSPS) is 15.0. The van der Waals surface area contributed by atoms with Gasteiger partial charge in [0.05, 0.1) is 32.8 Å². The number of aliphatic hydroxyl groups excluding tert-OH is 1. The van der Waals surface area contributed by atoms with E-state index in [1.807, 2.05) is 54.6 Å². The molecular formula is C19H24N3O2S+. The smallest absolute Gasteiger partial charge is 0.173 e. The van der Waals surface area contributed by atoms with E-state index < -0.39 is 0 Å². The van der Waals surface area contributed by atoms with Gasteiger partial charge in [-0.15, -0.1) is 0 Å². The van der Waals surface area contributed by atoms with Gasteiger partial charge in [0.2, 0.25) is 0 Å². The van der Waals surface area contributed by atoms with E-state index in [9.17, 15) is 0 Å². The molecule has 0 atom stereocenters. The number of aliphatic hydroxyl groups is 1. The minimum absolute atomic E-state index is 0.245. The molecule has 0 saturated carbocycles. The second kappa shape index (κ2) is 8.80. The van der Waals surface area contributed by atoms with Gasteiger partial charge in [0, 0.05) is 5.69 Å². The highest BCUT2D eigenvalue weighted by atomic mass is 32.1. The lowest BCUT2D eigenvalue weighted by Gasteiger charge is -2.33. The number of ether oxygens (including phenoxy) is 1. The first-order chi connectivity index (χ1) is 12.2. The van der Waals surface area contributed by atoms with Crippen LogP contribution in [-0.4, -0.2) is 54.4 Å². The molecule has 0 aliphatic carbocycles. The average molecular weight is 358 g/mol. The number of anilines is 1. The maximum absolute atomic E-state index is 9.02. The van der Waals surface area contributed by atoms with E-state index in [1.165, 1.54) is 4.90 Å². The molecule has 0 aromatic heterocycles. The summed E-state index contributed by atoms with van der Waals surface area (Å²) in [5.74, 6) is 1.62. The van der Waals surface area contributed by atoms with Gasteiger partial charge in [-0.05, 0) is 48.6 Å². The summed E-state index contributed by atoms with van der Waals surface area (Å²) in [6, 6.07) is 17.5. The van der Waals surface area contributed by atoms with Crippen LogP contribution in [0.15, 0.2) is 54.6 Å². The second-order valence-corrected chi connectivity index (χ2v) is 6.47. The number of rotatable bonds is 5. The molecule has 0 bridgehead atoms. The van der Waals surface area contributed by atoms with Gasteiger partial charge in [-0.2, -0.15) is 0 Å². The van der Waals surface area contributed by atoms with Crippen molar-refractivity contribution in [2.75, 3.05) is 44.6 Å². The molecule has 1 aliphatic heterocycles. The van der Waals surface area contributed by atoms with Crippen LogP contribution in [0.4, 0.5) is 5.69 Å². The number of nitrogens with one attached hydrogen (secondary N) is 2. The third-order valence-electron chi connectivity index (χ3n) is 4.31. The predicted molar refractivity (Wildman–Crippen MR) is 103 cm³/mol. The highest BCUT2D eigenvalue weighted by molar-refractivity contribution is 7.80. The van der Waals surface area contributed by atoms with Crippen LogP contribution in [0.3, 0.4) is 0 Å². The van der Waals surface area contributed by atoms with E-state index in [4.69, 9.17) is 22.1 Å². The number of para-hydroxylation sites is 1. The Bertz CT molecular complexity index is 671. The minimum Gasteiger partial charge on any atom is -0.457 e. The number of quaternary nitrogens is 1. The van der Waals surface area contributed by atoms with Crippen molar-refractivity contribution in [1.29, 1.82) is 0 Å². The van der Waals surface area contributed by atoms with E-state index >= 15 is 0 Å². The molecule has 5 nitrogen and oxygen atoms in total. The fraction of sp³-hybridized carbons (Fsp3) is 0.316. The molecule has 2 aromatic rings. The van der Waals surface area contributed by atoms with Crippen LogP contribution in [0, 0.1) is 0 Å². The van der Waals surface area contributed by atoms with E-state index in [0.29, 0.717) is 0 Å². The third kappa shape index (κ3) is 5.16.